The maximum absolute atomic E-state index is 12.0. The van der Waals surface area contributed by atoms with Crippen molar-refractivity contribution >= 4 is 5.91 Å². The highest BCUT2D eigenvalue weighted by Crippen LogP contribution is 2.17. The van der Waals surface area contributed by atoms with E-state index in [2.05, 4.69) is 20.4 Å². The zero-order chi connectivity index (χ0) is 16.7. The van der Waals surface area contributed by atoms with Crippen LogP contribution in [0.4, 0.5) is 13.2 Å². The number of hydrogen-bond acceptors (Lipinski definition) is 4. The number of amides is 1. The molecule has 0 spiro atoms. The molecule has 1 aromatic rings. The van der Waals surface area contributed by atoms with Crippen LogP contribution in [0.5, 0.6) is 5.88 Å². The van der Waals surface area contributed by atoms with Crippen molar-refractivity contribution in [1.29, 1.82) is 0 Å². The van der Waals surface area contributed by atoms with Crippen LogP contribution in [0.15, 0.2) is 18.3 Å². The molecular formula is C15H20F3N3O2. The smallest absolute Gasteiger partial charge is 0.422 e. The highest BCUT2D eigenvalue weighted by molar-refractivity contribution is 5.93. The Bertz CT molecular complexity index is 500. The van der Waals surface area contributed by atoms with E-state index in [1.807, 2.05) is 0 Å². The summed E-state index contributed by atoms with van der Waals surface area (Å²) in [7, 11) is 0. The number of rotatable bonds is 6. The Morgan fingerprint density at radius 2 is 2.26 bits per heavy atom. The summed E-state index contributed by atoms with van der Waals surface area (Å²) in [6.45, 7) is 1.19. The third-order valence-corrected chi connectivity index (χ3v) is 3.62. The number of nitrogens with zero attached hydrogens (tertiary/aromatic N) is 1. The number of nitrogens with one attached hydrogen (secondary N) is 2. The largest absolute Gasteiger partial charge is 0.468 e. The maximum Gasteiger partial charge on any atom is 0.422 e. The molecule has 8 heteroatoms. The minimum atomic E-state index is -4.41. The predicted molar refractivity (Wildman–Crippen MR) is 78.3 cm³/mol. The molecule has 2 rings (SSSR count). The van der Waals surface area contributed by atoms with Crippen LogP contribution >= 0.6 is 0 Å². The van der Waals surface area contributed by atoms with Gasteiger partial charge in [-0.05, 0) is 44.3 Å². The molecule has 1 aliphatic rings. The number of alkyl halides is 3. The van der Waals surface area contributed by atoms with Crippen LogP contribution in [-0.2, 0) is 0 Å². The number of pyridine rings is 1. The Morgan fingerprint density at radius 3 is 2.87 bits per heavy atom. The highest BCUT2D eigenvalue weighted by atomic mass is 19.4. The number of piperidine rings is 1. The molecular weight excluding hydrogens is 311 g/mol. The molecule has 1 amide bonds. The molecule has 1 aliphatic heterocycles. The lowest BCUT2D eigenvalue weighted by atomic mass is 9.96. The lowest BCUT2D eigenvalue weighted by Gasteiger charge is -2.22. The molecule has 1 saturated heterocycles. The lowest BCUT2D eigenvalue weighted by Crippen LogP contribution is -2.33. The fourth-order valence-electron chi connectivity index (χ4n) is 2.42. The van der Waals surface area contributed by atoms with Crippen LogP contribution < -0.4 is 15.4 Å². The first kappa shape index (κ1) is 17.5. The van der Waals surface area contributed by atoms with Gasteiger partial charge in [-0.15, -0.1) is 0 Å². The summed E-state index contributed by atoms with van der Waals surface area (Å²) < 4.78 is 40.6. The summed E-state index contributed by atoms with van der Waals surface area (Å²) >= 11 is 0. The van der Waals surface area contributed by atoms with Gasteiger partial charge in [0.2, 0.25) is 5.88 Å². The highest BCUT2D eigenvalue weighted by Gasteiger charge is 2.28. The molecule has 2 heterocycles. The van der Waals surface area contributed by atoms with E-state index in [1.165, 1.54) is 18.3 Å². The standard InChI is InChI=1S/C15H20F3N3O2/c16-15(17,18)10-23-13-4-3-12(9-21-13)14(22)20-7-5-11-2-1-6-19-8-11/h3-4,9,11,19H,1-2,5-8,10H2,(H,20,22). The SMILES string of the molecule is O=C(NCCC1CCCNC1)c1ccc(OCC(F)(F)F)nc1. The summed E-state index contributed by atoms with van der Waals surface area (Å²) in [5, 5.41) is 6.11. The second-order valence-corrected chi connectivity index (χ2v) is 5.55. The van der Waals surface area contributed by atoms with E-state index in [-0.39, 0.29) is 11.8 Å². The first-order valence-corrected chi connectivity index (χ1v) is 7.58. The van der Waals surface area contributed by atoms with Crippen molar-refractivity contribution in [2.45, 2.75) is 25.4 Å². The van der Waals surface area contributed by atoms with Crippen LogP contribution in [0, 0.1) is 5.92 Å². The summed E-state index contributed by atoms with van der Waals surface area (Å²) in [4.78, 5) is 15.6. The van der Waals surface area contributed by atoms with Gasteiger partial charge in [-0.2, -0.15) is 13.2 Å². The topological polar surface area (TPSA) is 63.2 Å². The van der Waals surface area contributed by atoms with Crippen molar-refractivity contribution in [3.8, 4) is 5.88 Å². The fraction of sp³-hybridized carbons (Fsp3) is 0.600. The van der Waals surface area contributed by atoms with E-state index >= 15 is 0 Å². The number of aromatic nitrogens is 1. The van der Waals surface area contributed by atoms with Gasteiger partial charge in [-0.25, -0.2) is 4.98 Å². The van der Waals surface area contributed by atoms with E-state index in [4.69, 9.17) is 0 Å². The monoisotopic (exact) mass is 331 g/mol. The molecule has 1 aromatic heterocycles. The Kier molecular flexibility index (Phi) is 6.20. The Hall–Kier alpha value is -1.83. The van der Waals surface area contributed by atoms with Gasteiger partial charge in [-0.3, -0.25) is 4.79 Å². The number of carbonyl (C=O) groups excluding carboxylic acids is 1. The van der Waals surface area contributed by atoms with E-state index in [0.717, 1.165) is 32.4 Å². The predicted octanol–water partition coefficient (Wildman–Crippen LogP) is 2.14. The quantitative estimate of drug-likeness (QED) is 0.838. The molecule has 0 saturated carbocycles. The molecule has 1 atom stereocenters. The van der Waals surface area contributed by atoms with Crippen LogP contribution in [0.3, 0.4) is 0 Å². The van der Waals surface area contributed by atoms with Gasteiger partial charge >= 0.3 is 6.18 Å². The zero-order valence-corrected chi connectivity index (χ0v) is 12.7. The second-order valence-electron chi connectivity index (χ2n) is 5.55. The summed E-state index contributed by atoms with van der Waals surface area (Å²) in [6.07, 6.45) is 0.0193. The summed E-state index contributed by atoms with van der Waals surface area (Å²) in [5.41, 5.74) is 0.297. The maximum atomic E-state index is 12.0. The first-order chi connectivity index (χ1) is 10.9. The minimum Gasteiger partial charge on any atom is -0.468 e. The summed E-state index contributed by atoms with van der Waals surface area (Å²) in [6, 6.07) is 2.65. The number of ether oxygens (including phenoxy) is 1. The Labute approximate surface area is 132 Å². The van der Waals surface area contributed by atoms with E-state index < -0.39 is 12.8 Å². The molecule has 23 heavy (non-hydrogen) atoms. The van der Waals surface area contributed by atoms with Gasteiger partial charge in [-0.1, -0.05) is 0 Å². The molecule has 0 aromatic carbocycles. The molecule has 1 fully saturated rings. The number of carbonyl (C=O) groups is 1. The van der Waals surface area contributed by atoms with Gasteiger partial charge in [0.1, 0.15) is 0 Å². The van der Waals surface area contributed by atoms with Crippen LogP contribution in [-0.4, -0.2) is 43.3 Å². The van der Waals surface area contributed by atoms with Gasteiger partial charge < -0.3 is 15.4 Å². The van der Waals surface area contributed by atoms with Crippen LogP contribution in [0.25, 0.3) is 0 Å². The molecule has 0 aliphatic carbocycles. The van der Waals surface area contributed by atoms with Gasteiger partial charge in [0.25, 0.3) is 5.91 Å². The average molecular weight is 331 g/mol. The van der Waals surface area contributed by atoms with Crippen molar-refractivity contribution in [3.63, 3.8) is 0 Å². The number of hydrogen-bond donors (Lipinski definition) is 2. The van der Waals surface area contributed by atoms with Crippen molar-refractivity contribution < 1.29 is 22.7 Å². The average Bonchev–Trinajstić information content (AvgIpc) is 2.54. The molecule has 5 nitrogen and oxygen atoms in total. The molecule has 128 valence electrons. The molecule has 0 radical (unpaired) electrons. The van der Waals surface area contributed by atoms with Gasteiger partial charge in [0, 0.05) is 18.8 Å². The van der Waals surface area contributed by atoms with Gasteiger partial charge in [0.05, 0.1) is 5.56 Å². The Morgan fingerprint density at radius 1 is 1.43 bits per heavy atom. The van der Waals surface area contributed by atoms with Crippen molar-refractivity contribution in [3.05, 3.63) is 23.9 Å². The van der Waals surface area contributed by atoms with E-state index in [0.29, 0.717) is 18.0 Å². The first-order valence-electron chi connectivity index (χ1n) is 7.58. The van der Waals surface area contributed by atoms with Crippen molar-refractivity contribution in [2.75, 3.05) is 26.2 Å². The molecule has 2 N–H and O–H groups in total. The van der Waals surface area contributed by atoms with Crippen molar-refractivity contribution in [1.82, 2.24) is 15.6 Å². The van der Waals surface area contributed by atoms with Crippen LogP contribution in [0.1, 0.15) is 29.6 Å². The zero-order valence-electron chi connectivity index (χ0n) is 12.7. The van der Waals surface area contributed by atoms with Crippen LogP contribution in [0.2, 0.25) is 0 Å². The second kappa shape index (κ2) is 8.14. The number of halogens is 3. The third-order valence-electron chi connectivity index (χ3n) is 3.62. The third kappa shape index (κ3) is 6.43. The van der Waals surface area contributed by atoms with E-state index in [1.54, 1.807) is 0 Å². The van der Waals surface area contributed by atoms with E-state index in [9.17, 15) is 18.0 Å². The minimum absolute atomic E-state index is 0.160. The Balaban J connectivity index is 1.73. The summed E-state index contributed by atoms with van der Waals surface area (Å²) in [5.74, 6) is 0.121. The van der Waals surface area contributed by atoms with Gasteiger partial charge in [0.15, 0.2) is 6.61 Å². The van der Waals surface area contributed by atoms with Crippen molar-refractivity contribution in [2.24, 2.45) is 5.92 Å². The molecule has 1 unspecified atom stereocenters. The molecule has 0 bridgehead atoms. The lowest BCUT2D eigenvalue weighted by molar-refractivity contribution is -0.154. The fourth-order valence-corrected chi connectivity index (χ4v) is 2.42. The normalized spacial score (nSPS) is 18.5.